The average molecular weight is 286 g/mol. The van der Waals surface area contributed by atoms with Crippen LogP contribution in [0.5, 0.6) is 0 Å². The van der Waals surface area contributed by atoms with Crippen LogP contribution in [-0.4, -0.2) is 23.1 Å². The fraction of sp³-hybridized carbons (Fsp3) is 0.875. The van der Waals surface area contributed by atoms with E-state index in [0.29, 0.717) is 25.7 Å². The SMILES string of the molecule is CCC(CC)OC(=O)C(CC(C)C)(CC(C)C)C(=O)O. The number of hydrogen-bond donors (Lipinski definition) is 1. The minimum Gasteiger partial charge on any atom is -0.480 e. The Kier molecular flexibility index (Phi) is 7.84. The quantitative estimate of drug-likeness (QED) is 0.516. The molecule has 0 saturated heterocycles. The number of rotatable bonds is 9. The zero-order valence-electron chi connectivity index (χ0n) is 13.7. The van der Waals surface area contributed by atoms with Crippen molar-refractivity contribution in [1.82, 2.24) is 0 Å². The van der Waals surface area contributed by atoms with Crippen LogP contribution in [-0.2, 0) is 14.3 Å². The second-order valence-corrected chi connectivity index (χ2v) is 6.43. The third-order valence-corrected chi connectivity index (χ3v) is 3.50. The third-order valence-electron chi connectivity index (χ3n) is 3.50. The number of esters is 1. The number of carbonyl (C=O) groups is 2. The summed E-state index contributed by atoms with van der Waals surface area (Å²) in [4.78, 5) is 24.3. The molecule has 0 bridgehead atoms. The Morgan fingerprint density at radius 2 is 1.40 bits per heavy atom. The summed E-state index contributed by atoms with van der Waals surface area (Å²) in [5, 5.41) is 9.65. The minimum atomic E-state index is -1.41. The molecule has 0 amide bonds. The molecule has 0 fully saturated rings. The van der Waals surface area contributed by atoms with E-state index in [2.05, 4.69) is 0 Å². The Morgan fingerprint density at radius 3 is 1.65 bits per heavy atom. The van der Waals surface area contributed by atoms with E-state index in [1.165, 1.54) is 0 Å². The van der Waals surface area contributed by atoms with Crippen molar-refractivity contribution in [3.8, 4) is 0 Å². The number of carboxylic acid groups (broad SMARTS) is 1. The van der Waals surface area contributed by atoms with Gasteiger partial charge in [-0.25, -0.2) is 0 Å². The monoisotopic (exact) mass is 286 g/mol. The van der Waals surface area contributed by atoms with Crippen molar-refractivity contribution in [2.45, 2.75) is 73.3 Å². The molecule has 20 heavy (non-hydrogen) atoms. The molecule has 118 valence electrons. The second-order valence-electron chi connectivity index (χ2n) is 6.43. The number of ether oxygens (including phenoxy) is 1. The molecule has 0 aromatic rings. The molecule has 0 atom stereocenters. The van der Waals surface area contributed by atoms with Gasteiger partial charge in [0.2, 0.25) is 0 Å². The van der Waals surface area contributed by atoms with E-state index in [0.717, 1.165) is 0 Å². The van der Waals surface area contributed by atoms with Crippen molar-refractivity contribution in [1.29, 1.82) is 0 Å². The van der Waals surface area contributed by atoms with Gasteiger partial charge >= 0.3 is 11.9 Å². The molecule has 0 heterocycles. The maximum Gasteiger partial charge on any atom is 0.323 e. The average Bonchev–Trinajstić information content (AvgIpc) is 2.33. The molecule has 0 aliphatic carbocycles. The lowest BCUT2D eigenvalue weighted by atomic mass is 9.74. The van der Waals surface area contributed by atoms with E-state index in [1.807, 2.05) is 41.5 Å². The summed E-state index contributed by atoms with van der Waals surface area (Å²) in [5.41, 5.74) is -1.41. The van der Waals surface area contributed by atoms with E-state index in [-0.39, 0.29) is 17.9 Å². The van der Waals surface area contributed by atoms with E-state index in [9.17, 15) is 14.7 Å². The number of hydrogen-bond acceptors (Lipinski definition) is 3. The highest BCUT2D eigenvalue weighted by Crippen LogP contribution is 2.36. The molecule has 0 rings (SSSR count). The number of carbonyl (C=O) groups excluding carboxylic acids is 1. The Hall–Kier alpha value is -1.06. The lowest BCUT2D eigenvalue weighted by Gasteiger charge is -2.32. The van der Waals surface area contributed by atoms with Gasteiger partial charge in [-0.3, -0.25) is 9.59 Å². The molecule has 4 heteroatoms. The van der Waals surface area contributed by atoms with Gasteiger partial charge in [-0.15, -0.1) is 0 Å². The van der Waals surface area contributed by atoms with Crippen LogP contribution in [0.2, 0.25) is 0 Å². The van der Waals surface area contributed by atoms with Crippen molar-refractivity contribution < 1.29 is 19.4 Å². The van der Waals surface area contributed by atoms with Gasteiger partial charge in [0.15, 0.2) is 5.41 Å². The van der Waals surface area contributed by atoms with Gasteiger partial charge in [0.25, 0.3) is 0 Å². The fourth-order valence-electron chi connectivity index (χ4n) is 2.63. The fourth-order valence-corrected chi connectivity index (χ4v) is 2.63. The van der Waals surface area contributed by atoms with Crippen LogP contribution in [0, 0.1) is 17.3 Å². The van der Waals surface area contributed by atoms with Crippen LogP contribution in [0.1, 0.15) is 67.2 Å². The Labute approximate surface area is 122 Å². The first-order valence-corrected chi connectivity index (χ1v) is 7.64. The predicted octanol–water partition coefficient (Wildman–Crippen LogP) is 3.88. The van der Waals surface area contributed by atoms with Gasteiger partial charge in [-0.05, 0) is 37.5 Å². The van der Waals surface area contributed by atoms with Crippen LogP contribution in [0.3, 0.4) is 0 Å². The van der Waals surface area contributed by atoms with Gasteiger partial charge in [-0.2, -0.15) is 0 Å². The smallest absolute Gasteiger partial charge is 0.323 e. The molecular weight excluding hydrogens is 256 g/mol. The summed E-state index contributed by atoms with van der Waals surface area (Å²) in [7, 11) is 0. The minimum absolute atomic E-state index is 0.124. The molecule has 0 saturated carbocycles. The summed E-state index contributed by atoms with van der Waals surface area (Å²) in [6.07, 6.45) is 1.86. The van der Waals surface area contributed by atoms with Crippen molar-refractivity contribution in [3.05, 3.63) is 0 Å². The highest BCUT2D eigenvalue weighted by Gasteiger charge is 2.48. The topological polar surface area (TPSA) is 63.6 Å². The van der Waals surface area contributed by atoms with Crippen LogP contribution < -0.4 is 0 Å². The first-order valence-electron chi connectivity index (χ1n) is 7.64. The molecule has 0 unspecified atom stereocenters. The van der Waals surface area contributed by atoms with Crippen molar-refractivity contribution in [3.63, 3.8) is 0 Å². The second kappa shape index (κ2) is 8.28. The lowest BCUT2D eigenvalue weighted by Crippen LogP contribution is -2.44. The van der Waals surface area contributed by atoms with Crippen molar-refractivity contribution >= 4 is 11.9 Å². The number of carboxylic acids is 1. The summed E-state index contributed by atoms with van der Waals surface area (Å²) < 4.78 is 5.46. The Bertz CT molecular complexity index is 306. The molecule has 0 radical (unpaired) electrons. The van der Waals surface area contributed by atoms with E-state index in [1.54, 1.807) is 0 Å². The highest BCUT2D eigenvalue weighted by atomic mass is 16.5. The van der Waals surface area contributed by atoms with Crippen LogP contribution in [0.4, 0.5) is 0 Å². The molecule has 0 aromatic heterocycles. The van der Waals surface area contributed by atoms with Crippen LogP contribution >= 0.6 is 0 Å². The van der Waals surface area contributed by atoms with Crippen molar-refractivity contribution in [2.24, 2.45) is 17.3 Å². The largest absolute Gasteiger partial charge is 0.480 e. The van der Waals surface area contributed by atoms with Gasteiger partial charge < -0.3 is 9.84 Å². The maximum atomic E-state index is 12.5. The summed E-state index contributed by atoms with van der Waals surface area (Å²) in [6.45, 7) is 11.6. The standard InChI is InChI=1S/C16H30O4/c1-7-13(8-2)20-15(19)16(14(17)18,9-11(3)4)10-12(5)6/h11-13H,7-10H2,1-6H3,(H,17,18). The molecular formula is C16H30O4. The third kappa shape index (κ3) is 5.14. The van der Waals surface area contributed by atoms with E-state index >= 15 is 0 Å². The first kappa shape index (κ1) is 18.9. The highest BCUT2D eigenvalue weighted by molar-refractivity contribution is 5.99. The van der Waals surface area contributed by atoms with E-state index in [4.69, 9.17) is 4.74 Å². The normalized spacial score (nSPS) is 12.2. The summed E-state index contributed by atoms with van der Waals surface area (Å²) >= 11 is 0. The van der Waals surface area contributed by atoms with Crippen LogP contribution in [0.25, 0.3) is 0 Å². The lowest BCUT2D eigenvalue weighted by molar-refractivity contribution is -0.175. The van der Waals surface area contributed by atoms with Crippen LogP contribution in [0.15, 0.2) is 0 Å². The maximum absolute atomic E-state index is 12.5. The first-order chi connectivity index (χ1) is 9.19. The molecule has 1 N–H and O–H groups in total. The van der Waals surface area contributed by atoms with Gasteiger partial charge in [0, 0.05) is 0 Å². The molecule has 0 aliphatic heterocycles. The molecule has 0 aromatic carbocycles. The zero-order chi connectivity index (χ0) is 15.9. The van der Waals surface area contributed by atoms with Gasteiger partial charge in [0.05, 0.1) is 0 Å². The van der Waals surface area contributed by atoms with Gasteiger partial charge in [-0.1, -0.05) is 41.5 Å². The summed E-state index contributed by atoms with van der Waals surface area (Å²) in [5.74, 6) is -1.38. The number of aliphatic carboxylic acids is 1. The molecule has 0 aliphatic rings. The zero-order valence-corrected chi connectivity index (χ0v) is 13.7. The molecule has 0 spiro atoms. The Balaban J connectivity index is 5.35. The predicted molar refractivity (Wildman–Crippen MR) is 79.4 cm³/mol. The van der Waals surface area contributed by atoms with Gasteiger partial charge in [0.1, 0.15) is 6.10 Å². The Morgan fingerprint density at radius 1 is 1.00 bits per heavy atom. The van der Waals surface area contributed by atoms with E-state index < -0.39 is 17.4 Å². The molecule has 4 nitrogen and oxygen atoms in total. The van der Waals surface area contributed by atoms with Crippen molar-refractivity contribution in [2.75, 3.05) is 0 Å². The summed E-state index contributed by atoms with van der Waals surface area (Å²) in [6, 6.07) is 0.